The van der Waals surface area contributed by atoms with Crippen molar-refractivity contribution in [3.63, 3.8) is 0 Å². The number of carboxylic acid groups (broad SMARTS) is 1. The number of aliphatic carboxylic acids is 1. The minimum atomic E-state index is -0.883. The number of anilines is 1. The summed E-state index contributed by atoms with van der Waals surface area (Å²) in [4.78, 5) is 24.1. The van der Waals surface area contributed by atoms with Crippen molar-refractivity contribution in [2.45, 2.75) is 19.8 Å². The summed E-state index contributed by atoms with van der Waals surface area (Å²) in [5.41, 5.74) is 0.808. The van der Waals surface area contributed by atoms with Crippen molar-refractivity contribution in [1.29, 1.82) is 0 Å². The zero-order valence-electron chi connectivity index (χ0n) is 10.8. The van der Waals surface area contributed by atoms with Crippen LogP contribution in [0.4, 0.5) is 5.69 Å². The van der Waals surface area contributed by atoms with Crippen molar-refractivity contribution in [2.24, 2.45) is 5.92 Å². The lowest BCUT2D eigenvalue weighted by Gasteiger charge is -2.17. The summed E-state index contributed by atoms with van der Waals surface area (Å²) in [7, 11) is 0. The molecule has 1 heterocycles. The van der Waals surface area contributed by atoms with Gasteiger partial charge in [0.2, 0.25) is 5.91 Å². The monoisotopic (exact) mass is 263 g/mol. The summed E-state index contributed by atoms with van der Waals surface area (Å²) < 4.78 is 5.45. The zero-order valence-corrected chi connectivity index (χ0v) is 10.8. The normalized spacial score (nSPS) is 16.5. The first-order valence-electron chi connectivity index (χ1n) is 6.34. The van der Waals surface area contributed by atoms with Crippen molar-refractivity contribution < 1.29 is 19.4 Å². The number of rotatable bonds is 5. The van der Waals surface area contributed by atoms with E-state index >= 15 is 0 Å². The Morgan fingerprint density at radius 2 is 2.32 bits per heavy atom. The second kappa shape index (κ2) is 5.73. The maximum absolute atomic E-state index is 11.6. The third-order valence-electron chi connectivity index (χ3n) is 3.12. The number of benzene rings is 1. The Bertz CT molecular complexity index is 486. The Morgan fingerprint density at radius 3 is 2.95 bits per heavy atom. The van der Waals surface area contributed by atoms with E-state index in [1.807, 2.05) is 12.1 Å². The SMILES string of the molecule is CC(COc1cccc(N2CCCC2=O)c1)C(=O)O. The van der Waals surface area contributed by atoms with E-state index in [1.165, 1.54) is 0 Å². The Kier molecular flexibility index (Phi) is 4.04. The minimum absolute atomic E-state index is 0.118. The minimum Gasteiger partial charge on any atom is -0.493 e. The van der Waals surface area contributed by atoms with Crippen LogP contribution in [0.3, 0.4) is 0 Å². The fourth-order valence-corrected chi connectivity index (χ4v) is 1.95. The summed E-state index contributed by atoms with van der Waals surface area (Å²) in [5, 5.41) is 8.79. The number of carbonyl (C=O) groups excluding carboxylic acids is 1. The molecular weight excluding hydrogens is 246 g/mol. The predicted octanol–water partition coefficient (Wildman–Crippen LogP) is 1.91. The van der Waals surface area contributed by atoms with Gasteiger partial charge < -0.3 is 14.7 Å². The van der Waals surface area contributed by atoms with Crippen LogP contribution in [0, 0.1) is 5.92 Å². The molecule has 0 radical (unpaired) electrons. The van der Waals surface area contributed by atoms with Crippen molar-refractivity contribution in [2.75, 3.05) is 18.1 Å². The molecule has 1 aromatic rings. The van der Waals surface area contributed by atoms with Crippen molar-refractivity contribution in [3.05, 3.63) is 24.3 Å². The van der Waals surface area contributed by atoms with Crippen LogP contribution in [-0.2, 0) is 9.59 Å². The molecule has 5 nitrogen and oxygen atoms in total. The molecule has 1 aromatic carbocycles. The highest BCUT2D eigenvalue weighted by molar-refractivity contribution is 5.95. The highest BCUT2D eigenvalue weighted by Crippen LogP contribution is 2.25. The van der Waals surface area contributed by atoms with E-state index in [1.54, 1.807) is 24.0 Å². The average Bonchev–Trinajstić information content (AvgIpc) is 2.82. The second-order valence-electron chi connectivity index (χ2n) is 4.70. The van der Waals surface area contributed by atoms with Crippen LogP contribution >= 0.6 is 0 Å². The van der Waals surface area contributed by atoms with Gasteiger partial charge in [0.05, 0.1) is 5.92 Å². The first-order chi connectivity index (χ1) is 9.08. The number of carboxylic acids is 1. The molecule has 2 rings (SSSR count). The van der Waals surface area contributed by atoms with E-state index in [-0.39, 0.29) is 12.5 Å². The molecule has 1 unspecified atom stereocenters. The van der Waals surface area contributed by atoms with Crippen LogP contribution in [-0.4, -0.2) is 30.1 Å². The van der Waals surface area contributed by atoms with Crippen LogP contribution in [0.15, 0.2) is 24.3 Å². The smallest absolute Gasteiger partial charge is 0.309 e. The molecule has 1 amide bonds. The number of hydrogen-bond acceptors (Lipinski definition) is 3. The standard InChI is InChI=1S/C14H17NO4/c1-10(14(17)18)9-19-12-5-2-4-11(8-12)15-7-3-6-13(15)16/h2,4-5,8,10H,3,6-7,9H2,1H3,(H,17,18). The van der Waals surface area contributed by atoms with Gasteiger partial charge in [-0.05, 0) is 25.5 Å². The van der Waals surface area contributed by atoms with Gasteiger partial charge in [-0.1, -0.05) is 6.07 Å². The molecule has 0 aliphatic carbocycles. The van der Waals surface area contributed by atoms with Crippen molar-refractivity contribution in [3.8, 4) is 5.75 Å². The van der Waals surface area contributed by atoms with Gasteiger partial charge in [0.1, 0.15) is 12.4 Å². The van der Waals surface area contributed by atoms with Gasteiger partial charge in [0.25, 0.3) is 0 Å². The highest BCUT2D eigenvalue weighted by atomic mass is 16.5. The second-order valence-corrected chi connectivity index (χ2v) is 4.70. The molecule has 1 saturated heterocycles. The molecule has 1 N–H and O–H groups in total. The van der Waals surface area contributed by atoms with E-state index in [0.717, 1.165) is 18.7 Å². The summed E-state index contributed by atoms with van der Waals surface area (Å²) in [6, 6.07) is 7.20. The number of carbonyl (C=O) groups is 2. The van der Waals surface area contributed by atoms with Crippen LogP contribution in [0.2, 0.25) is 0 Å². The number of ether oxygens (including phenoxy) is 1. The molecule has 19 heavy (non-hydrogen) atoms. The maximum atomic E-state index is 11.6. The zero-order chi connectivity index (χ0) is 13.8. The molecule has 102 valence electrons. The van der Waals surface area contributed by atoms with Gasteiger partial charge in [-0.3, -0.25) is 9.59 Å². The lowest BCUT2D eigenvalue weighted by Crippen LogP contribution is -2.23. The fraction of sp³-hybridized carbons (Fsp3) is 0.429. The van der Waals surface area contributed by atoms with Gasteiger partial charge in [0.15, 0.2) is 0 Å². The van der Waals surface area contributed by atoms with Gasteiger partial charge in [-0.15, -0.1) is 0 Å². The number of hydrogen-bond donors (Lipinski definition) is 1. The Labute approximate surface area is 111 Å². The quantitative estimate of drug-likeness (QED) is 0.881. The van der Waals surface area contributed by atoms with E-state index in [4.69, 9.17) is 9.84 Å². The summed E-state index contributed by atoms with van der Waals surface area (Å²) >= 11 is 0. The Hall–Kier alpha value is -2.04. The van der Waals surface area contributed by atoms with E-state index in [9.17, 15) is 9.59 Å². The third kappa shape index (κ3) is 3.24. The average molecular weight is 263 g/mol. The molecule has 0 saturated carbocycles. The van der Waals surface area contributed by atoms with Gasteiger partial charge in [0, 0.05) is 24.7 Å². The molecule has 5 heteroatoms. The molecule has 1 aliphatic rings. The first-order valence-corrected chi connectivity index (χ1v) is 6.34. The van der Waals surface area contributed by atoms with Crippen molar-refractivity contribution in [1.82, 2.24) is 0 Å². The Balaban J connectivity index is 2.03. The largest absolute Gasteiger partial charge is 0.493 e. The Morgan fingerprint density at radius 1 is 1.53 bits per heavy atom. The van der Waals surface area contributed by atoms with Crippen molar-refractivity contribution >= 4 is 17.6 Å². The third-order valence-corrected chi connectivity index (χ3v) is 3.12. The van der Waals surface area contributed by atoms with Crippen LogP contribution in [0.25, 0.3) is 0 Å². The topological polar surface area (TPSA) is 66.8 Å². The summed E-state index contributed by atoms with van der Waals surface area (Å²) in [6.45, 7) is 2.44. The molecular formula is C14H17NO4. The lowest BCUT2D eigenvalue weighted by molar-refractivity contribution is -0.142. The summed E-state index contributed by atoms with van der Waals surface area (Å²) in [5.74, 6) is -0.732. The fourth-order valence-electron chi connectivity index (χ4n) is 1.95. The van der Waals surface area contributed by atoms with E-state index in [0.29, 0.717) is 12.2 Å². The number of nitrogens with zero attached hydrogens (tertiary/aromatic N) is 1. The van der Waals surface area contributed by atoms with Crippen LogP contribution in [0.5, 0.6) is 5.75 Å². The number of amides is 1. The molecule has 1 aliphatic heterocycles. The van der Waals surface area contributed by atoms with E-state index in [2.05, 4.69) is 0 Å². The molecule has 0 aromatic heterocycles. The van der Waals surface area contributed by atoms with Gasteiger partial charge in [-0.25, -0.2) is 0 Å². The molecule has 1 fully saturated rings. The molecule has 0 spiro atoms. The predicted molar refractivity (Wildman–Crippen MR) is 70.3 cm³/mol. The van der Waals surface area contributed by atoms with Crippen LogP contribution < -0.4 is 9.64 Å². The van der Waals surface area contributed by atoms with Gasteiger partial charge >= 0.3 is 5.97 Å². The lowest BCUT2D eigenvalue weighted by atomic mass is 10.2. The van der Waals surface area contributed by atoms with E-state index < -0.39 is 11.9 Å². The maximum Gasteiger partial charge on any atom is 0.309 e. The molecule has 0 bridgehead atoms. The summed E-state index contributed by atoms with van der Waals surface area (Å²) in [6.07, 6.45) is 1.46. The first kappa shape index (κ1) is 13.4. The van der Waals surface area contributed by atoms with Crippen LogP contribution in [0.1, 0.15) is 19.8 Å². The highest BCUT2D eigenvalue weighted by Gasteiger charge is 2.22. The van der Waals surface area contributed by atoms with Gasteiger partial charge in [-0.2, -0.15) is 0 Å². The molecule has 1 atom stereocenters.